The highest BCUT2D eigenvalue weighted by Crippen LogP contribution is 2.34. The maximum atomic E-state index is 12.3. The quantitative estimate of drug-likeness (QED) is 0.924. The van der Waals surface area contributed by atoms with Crippen LogP contribution >= 0.6 is 11.8 Å². The topological polar surface area (TPSA) is 32.3 Å². The molecule has 0 aliphatic carbocycles. The van der Waals surface area contributed by atoms with Crippen LogP contribution in [-0.4, -0.2) is 22.8 Å². The lowest BCUT2D eigenvalue weighted by Gasteiger charge is -2.40. The lowest BCUT2D eigenvalue weighted by Crippen LogP contribution is -2.53. The lowest BCUT2D eigenvalue weighted by atomic mass is 10.2. The summed E-state index contributed by atoms with van der Waals surface area (Å²) in [6, 6.07) is 18.5. The summed E-state index contributed by atoms with van der Waals surface area (Å²) in [7, 11) is 0. The Labute approximate surface area is 135 Å². The van der Waals surface area contributed by atoms with Crippen LogP contribution in [0, 0.1) is 6.92 Å². The fraction of sp³-hybridized carbons (Fsp3) is 0.278. The van der Waals surface area contributed by atoms with Crippen molar-refractivity contribution >= 4 is 17.8 Å². The van der Waals surface area contributed by atoms with Crippen molar-refractivity contribution in [3.8, 4) is 0 Å². The van der Waals surface area contributed by atoms with E-state index in [1.54, 1.807) is 11.8 Å². The van der Waals surface area contributed by atoms with Crippen molar-refractivity contribution in [2.45, 2.75) is 30.2 Å². The molecule has 1 N–H and O–H groups in total. The van der Waals surface area contributed by atoms with E-state index in [0.29, 0.717) is 6.54 Å². The van der Waals surface area contributed by atoms with Crippen LogP contribution in [0.25, 0.3) is 0 Å². The molecule has 1 unspecified atom stereocenters. The van der Waals surface area contributed by atoms with Crippen molar-refractivity contribution < 1.29 is 4.79 Å². The Kier molecular flexibility index (Phi) is 4.68. The van der Waals surface area contributed by atoms with Gasteiger partial charge in [0.25, 0.3) is 0 Å². The average Bonchev–Trinajstić information content (AvgIpc) is 2.52. The van der Waals surface area contributed by atoms with Crippen molar-refractivity contribution in [3.63, 3.8) is 0 Å². The van der Waals surface area contributed by atoms with Gasteiger partial charge in [-0.25, -0.2) is 4.79 Å². The molecule has 2 aromatic carbocycles. The molecule has 3 nitrogen and oxygen atoms in total. The maximum absolute atomic E-state index is 12.3. The molecule has 1 aliphatic rings. The van der Waals surface area contributed by atoms with Crippen LogP contribution in [0.3, 0.4) is 0 Å². The van der Waals surface area contributed by atoms with Crippen molar-refractivity contribution in [2.24, 2.45) is 0 Å². The summed E-state index contributed by atoms with van der Waals surface area (Å²) in [4.78, 5) is 15.4. The highest BCUT2D eigenvalue weighted by molar-refractivity contribution is 8.00. The Morgan fingerprint density at radius 3 is 2.55 bits per heavy atom. The Bertz CT molecular complexity index is 627. The number of rotatable bonds is 4. The molecule has 1 heterocycles. The van der Waals surface area contributed by atoms with Gasteiger partial charge in [0.1, 0.15) is 0 Å². The van der Waals surface area contributed by atoms with Crippen LogP contribution in [0.2, 0.25) is 0 Å². The van der Waals surface area contributed by atoms with Gasteiger partial charge in [0.2, 0.25) is 0 Å². The molecular weight excluding hydrogens is 292 g/mol. The van der Waals surface area contributed by atoms with Gasteiger partial charge in [-0.15, -0.1) is 11.8 Å². The zero-order chi connectivity index (χ0) is 15.4. The number of likely N-dealkylation sites (tertiary alicyclic amines) is 1. The predicted octanol–water partition coefficient (Wildman–Crippen LogP) is 4.03. The van der Waals surface area contributed by atoms with Crippen LogP contribution in [0.5, 0.6) is 0 Å². The molecular formula is C18H20N2OS. The molecule has 0 aromatic heterocycles. The standard InChI is InChI=1S/C18H20N2OS/c1-14-7-9-16(10-8-14)22-17-11-12-20(17)18(21)19-13-15-5-3-2-4-6-15/h2-10,17H,11-13H2,1H3,(H,19,21). The van der Waals surface area contributed by atoms with Crippen LogP contribution < -0.4 is 5.32 Å². The molecule has 3 rings (SSSR count). The fourth-order valence-corrected chi connectivity index (χ4v) is 3.53. The highest BCUT2D eigenvalue weighted by Gasteiger charge is 2.32. The SMILES string of the molecule is Cc1ccc(SC2CCN2C(=O)NCc2ccccc2)cc1. The minimum Gasteiger partial charge on any atom is -0.334 e. The molecule has 2 amide bonds. The van der Waals surface area contributed by atoms with Crippen LogP contribution in [0.1, 0.15) is 17.5 Å². The van der Waals surface area contributed by atoms with E-state index in [4.69, 9.17) is 0 Å². The van der Waals surface area contributed by atoms with E-state index in [1.165, 1.54) is 10.5 Å². The largest absolute Gasteiger partial charge is 0.334 e. The summed E-state index contributed by atoms with van der Waals surface area (Å²) in [5.74, 6) is 0. The van der Waals surface area contributed by atoms with Crippen molar-refractivity contribution in [2.75, 3.05) is 6.54 Å². The van der Waals surface area contributed by atoms with Crippen LogP contribution in [0.4, 0.5) is 4.79 Å². The molecule has 1 saturated heterocycles. The molecule has 114 valence electrons. The number of nitrogens with zero attached hydrogens (tertiary/aromatic N) is 1. The lowest BCUT2D eigenvalue weighted by molar-refractivity contribution is 0.154. The number of amides is 2. The fourth-order valence-electron chi connectivity index (χ4n) is 2.37. The molecule has 1 aliphatic heterocycles. The van der Waals surface area contributed by atoms with Gasteiger partial charge < -0.3 is 10.2 Å². The predicted molar refractivity (Wildman–Crippen MR) is 90.8 cm³/mol. The second-order valence-corrected chi connectivity index (χ2v) is 6.76. The van der Waals surface area contributed by atoms with Gasteiger partial charge in [-0.05, 0) is 31.0 Å². The van der Waals surface area contributed by atoms with Crippen molar-refractivity contribution in [3.05, 3.63) is 65.7 Å². The monoisotopic (exact) mass is 312 g/mol. The first kappa shape index (κ1) is 15.0. The van der Waals surface area contributed by atoms with Crippen molar-refractivity contribution in [1.29, 1.82) is 0 Å². The first-order chi connectivity index (χ1) is 10.7. The summed E-state index contributed by atoms with van der Waals surface area (Å²) in [6.07, 6.45) is 1.05. The molecule has 0 saturated carbocycles. The highest BCUT2D eigenvalue weighted by atomic mass is 32.2. The number of hydrogen-bond donors (Lipinski definition) is 1. The molecule has 4 heteroatoms. The minimum atomic E-state index is 0.0275. The van der Waals surface area contributed by atoms with Gasteiger partial charge in [-0.2, -0.15) is 0 Å². The van der Waals surface area contributed by atoms with E-state index >= 15 is 0 Å². The van der Waals surface area contributed by atoms with E-state index in [1.807, 2.05) is 35.2 Å². The van der Waals surface area contributed by atoms with Gasteiger partial charge >= 0.3 is 6.03 Å². The number of nitrogens with one attached hydrogen (secondary N) is 1. The van der Waals surface area contributed by atoms with E-state index in [0.717, 1.165) is 18.5 Å². The summed E-state index contributed by atoms with van der Waals surface area (Å²) < 4.78 is 0. The summed E-state index contributed by atoms with van der Waals surface area (Å²) in [6.45, 7) is 3.50. The van der Waals surface area contributed by atoms with E-state index in [2.05, 4.69) is 36.5 Å². The van der Waals surface area contributed by atoms with Gasteiger partial charge in [0, 0.05) is 18.0 Å². The van der Waals surface area contributed by atoms with E-state index in [-0.39, 0.29) is 11.4 Å². The molecule has 22 heavy (non-hydrogen) atoms. The Hall–Kier alpha value is -1.94. The van der Waals surface area contributed by atoms with Crippen LogP contribution in [-0.2, 0) is 6.54 Å². The number of hydrogen-bond acceptors (Lipinski definition) is 2. The molecule has 1 atom stereocenters. The normalized spacial score (nSPS) is 17.0. The summed E-state index contributed by atoms with van der Waals surface area (Å²) in [5.41, 5.74) is 2.38. The number of benzene rings is 2. The number of urea groups is 1. The minimum absolute atomic E-state index is 0.0275. The number of thioether (sulfide) groups is 1. The molecule has 0 radical (unpaired) electrons. The average molecular weight is 312 g/mol. The van der Waals surface area contributed by atoms with Gasteiger partial charge in [-0.3, -0.25) is 0 Å². The summed E-state index contributed by atoms with van der Waals surface area (Å²) in [5, 5.41) is 3.25. The Balaban J connectivity index is 1.51. The molecule has 0 spiro atoms. The van der Waals surface area contributed by atoms with Crippen molar-refractivity contribution in [1.82, 2.24) is 10.2 Å². The van der Waals surface area contributed by atoms with Crippen LogP contribution in [0.15, 0.2) is 59.5 Å². The number of carbonyl (C=O) groups is 1. The zero-order valence-corrected chi connectivity index (χ0v) is 13.5. The van der Waals surface area contributed by atoms with Gasteiger partial charge in [0.05, 0.1) is 5.37 Å². The van der Waals surface area contributed by atoms with E-state index < -0.39 is 0 Å². The van der Waals surface area contributed by atoms with Gasteiger partial charge in [-0.1, -0.05) is 48.0 Å². The third kappa shape index (κ3) is 3.63. The third-order valence-corrected chi connectivity index (χ3v) is 5.11. The second-order valence-electron chi connectivity index (χ2n) is 5.51. The molecule has 0 bridgehead atoms. The smallest absolute Gasteiger partial charge is 0.318 e. The number of carbonyl (C=O) groups excluding carboxylic acids is 1. The second kappa shape index (κ2) is 6.88. The first-order valence-corrected chi connectivity index (χ1v) is 8.42. The zero-order valence-electron chi connectivity index (χ0n) is 12.7. The maximum Gasteiger partial charge on any atom is 0.318 e. The first-order valence-electron chi connectivity index (χ1n) is 7.54. The Morgan fingerprint density at radius 2 is 1.91 bits per heavy atom. The van der Waals surface area contributed by atoms with E-state index in [9.17, 15) is 4.79 Å². The van der Waals surface area contributed by atoms with Gasteiger partial charge in [0.15, 0.2) is 0 Å². The third-order valence-electron chi connectivity index (χ3n) is 3.81. The Morgan fingerprint density at radius 1 is 1.18 bits per heavy atom. The number of aryl methyl sites for hydroxylation is 1. The molecule has 2 aromatic rings. The molecule has 1 fully saturated rings. The summed E-state index contributed by atoms with van der Waals surface area (Å²) >= 11 is 1.76.